The molecule has 0 bridgehead atoms. The van der Waals surface area contributed by atoms with E-state index < -0.39 is 16.0 Å². The molecule has 114 valence electrons. The van der Waals surface area contributed by atoms with Gasteiger partial charge in [0.05, 0.1) is 10.5 Å². The van der Waals surface area contributed by atoms with Crippen molar-refractivity contribution in [1.82, 2.24) is 3.97 Å². The van der Waals surface area contributed by atoms with Gasteiger partial charge in [0, 0.05) is 5.39 Å². The molecule has 1 N–H and O–H groups in total. The van der Waals surface area contributed by atoms with Crippen molar-refractivity contribution in [1.29, 1.82) is 0 Å². The Labute approximate surface area is 139 Å². The number of aromatic carboxylic acids is 1. The molecule has 0 aliphatic carbocycles. The molecule has 0 aliphatic rings. The fraction of sp³-hybridized carbons (Fsp3) is 0. The van der Waals surface area contributed by atoms with Gasteiger partial charge in [-0.3, -0.25) is 0 Å². The monoisotopic (exact) mass is 375 g/mol. The van der Waals surface area contributed by atoms with Crippen LogP contribution in [0.1, 0.15) is 10.5 Å². The highest BCUT2D eigenvalue weighted by molar-refractivity contribution is 7.92. The molecule has 5 nitrogen and oxygen atoms in total. The summed E-state index contributed by atoms with van der Waals surface area (Å²) in [6, 6.07) is 9.03. The molecule has 0 unspecified atom stereocenters. The average Bonchev–Trinajstić information content (AvgIpc) is 3.01. The van der Waals surface area contributed by atoms with Crippen LogP contribution < -0.4 is 0 Å². The number of halogens is 2. The van der Waals surface area contributed by atoms with Crippen molar-refractivity contribution in [3.63, 3.8) is 0 Å². The van der Waals surface area contributed by atoms with Crippen LogP contribution in [0.4, 0.5) is 0 Å². The first kappa shape index (κ1) is 15.4. The summed E-state index contributed by atoms with van der Waals surface area (Å²) in [5.41, 5.74) is -0.0672. The molecule has 2 aromatic heterocycles. The van der Waals surface area contributed by atoms with Gasteiger partial charge >= 0.3 is 5.97 Å². The van der Waals surface area contributed by atoms with E-state index in [1.165, 1.54) is 18.2 Å². The van der Waals surface area contributed by atoms with Crippen LogP contribution in [-0.2, 0) is 10.0 Å². The van der Waals surface area contributed by atoms with E-state index in [-0.39, 0.29) is 24.8 Å². The fourth-order valence-electron chi connectivity index (χ4n) is 2.08. The lowest BCUT2D eigenvalue weighted by molar-refractivity contribution is 0.0689. The normalized spacial score (nSPS) is 11.9. The average molecular weight is 376 g/mol. The number of nitrogens with zero attached hydrogens (tertiary/aromatic N) is 1. The SMILES string of the molecule is O=C(O)c1cc2ccccc2n1S(=O)(=O)c1cc(Cl)c(Cl)s1. The molecule has 3 rings (SSSR count). The first-order chi connectivity index (χ1) is 10.3. The van der Waals surface area contributed by atoms with Crippen molar-refractivity contribution in [2.45, 2.75) is 4.21 Å². The van der Waals surface area contributed by atoms with Crippen LogP contribution in [0.2, 0.25) is 9.36 Å². The van der Waals surface area contributed by atoms with Crippen LogP contribution in [-0.4, -0.2) is 23.5 Å². The van der Waals surface area contributed by atoms with Gasteiger partial charge in [-0.05, 0) is 18.2 Å². The van der Waals surface area contributed by atoms with Crippen LogP contribution in [0.25, 0.3) is 10.9 Å². The molecule has 9 heteroatoms. The van der Waals surface area contributed by atoms with Crippen molar-refractivity contribution in [2.75, 3.05) is 0 Å². The first-order valence-electron chi connectivity index (χ1n) is 5.86. The lowest BCUT2D eigenvalue weighted by atomic mass is 10.2. The van der Waals surface area contributed by atoms with Crippen molar-refractivity contribution in [3.05, 3.63) is 51.5 Å². The molecule has 1 aromatic carbocycles. The molecule has 0 fully saturated rings. The number of carboxylic acid groups (broad SMARTS) is 1. The molecule has 0 atom stereocenters. The Hall–Kier alpha value is -1.54. The third kappa shape index (κ3) is 2.30. The molecule has 0 amide bonds. The lowest BCUT2D eigenvalue weighted by Crippen LogP contribution is -2.17. The van der Waals surface area contributed by atoms with Crippen molar-refractivity contribution in [2.24, 2.45) is 0 Å². The molecular formula is C13H7Cl2NO4S2. The van der Waals surface area contributed by atoms with Crippen LogP contribution in [0.3, 0.4) is 0 Å². The third-order valence-corrected chi connectivity index (χ3v) is 7.05. The maximum Gasteiger partial charge on any atom is 0.353 e. The van der Waals surface area contributed by atoms with Crippen molar-refractivity contribution in [3.8, 4) is 0 Å². The van der Waals surface area contributed by atoms with Gasteiger partial charge < -0.3 is 5.11 Å². The number of benzene rings is 1. The molecule has 2 heterocycles. The number of aromatic nitrogens is 1. The molecular weight excluding hydrogens is 369 g/mol. The van der Waals surface area contributed by atoms with Crippen LogP contribution >= 0.6 is 34.5 Å². The van der Waals surface area contributed by atoms with Crippen LogP contribution in [0.5, 0.6) is 0 Å². The van der Waals surface area contributed by atoms with Crippen molar-refractivity contribution < 1.29 is 18.3 Å². The van der Waals surface area contributed by atoms with Gasteiger partial charge in [-0.2, -0.15) is 8.42 Å². The van der Waals surface area contributed by atoms with E-state index in [0.717, 1.165) is 15.3 Å². The summed E-state index contributed by atoms with van der Waals surface area (Å²) in [6.45, 7) is 0. The number of hydrogen-bond acceptors (Lipinski definition) is 4. The van der Waals surface area contributed by atoms with E-state index in [1.54, 1.807) is 18.2 Å². The van der Waals surface area contributed by atoms with E-state index in [0.29, 0.717) is 5.39 Å². The highest BCUT2D eigenvalue weighted by Crippen LogP contribution is 2.36. The number of carbonyl (C=O) groups is 1. The Balaban J connectivity index is 2.37. The third-order valence-electron chi connectivity index (χ3n) is 3.00. The second kappa shape index (κ2) is 5.27. The fourth-order valence-corrected chi connectivity index (χ4v) is 5.54. The second-order valence-electron chi connectivity index (χ2n) is 4.35. The van der Waals surface area contributed by atoms with Gasteiger partial charge in [0.2, 0.25) is 0 Å². The molecule has 0 saturated heterocycles. The molecule has 0 saturated carbocycles. The van der Waals surface area contributed by atoms with Gasteiger partial charge in [-0.1, -0.05) is 41.4 Å². The summed E-state index contributed by atoms with van der Waals surface area (Å²) in [5.74, 6) is -1.34. The zero-order chi connectivity index (χ0) is 16.1. The maximum atomic E-state index is 12.8. The standard InChI is InChI=1S/C13H7Cl2NO4S2/c14-8-6-11(21-12(8)15)22(19,20)16-9-4-2-1-3-7(9)5-10(16)13(17)18/h1-6H,(H,17,18). The summed E-state index contributed by atoms with van der Waals surface area (Å²) >= 11 is 12.4. The minimum atomic E-state index is -4.11. The minimum absolute atomic E-state index is 0.110. The van der Waals surface area contributed by atoms with Crippen LogP contribution in [0, 0.1) is 0 Å². The molecule has 22 heavy (non-hydrogen) atoms. The number of rotatable bonds is 3. The molecule has 0 aliphatic heterocycles. The summed E-state index contributed by atoms with van der Waals surface area (Å²) in [5, 5.41) is 9.92. The predicted molar refractivity (Wildman–Crippen MR) is 85.8 cm³/mol. The number of carboxylic acids is 1. The van der Waals surface area contributed by atoms with Gasteiger partial charge in [0.1, 0.15) is 14.2 Å². The highest BCUT2D eigenvalue weighted by Gasteiger charge is 2.28. The predicted octanol–water partition coefficient (Wildman–Crippen LogP) is 3.94. The zero-order valence-electron chi connectivity index (χ0n) is 10.7. The number of fused-ring (bicyclic) bond motifs is 1. The highest BCUT2D eigenvalue weighted by atomic mass is 35.5. The maximum absolute atomic E-state index is 12.8. The summed E-state index contributed by atoms with van der Waals surface area (Å²) in [4.78, 5) is 11.4. The lowest BCUT2D eigenvalue weighted by Gasteiger charge is -2.07. The van der Waals surface area contributed by atoms with E-state index in [2.05, 4.69) is 0 Å². The Morgan fingerprint density at radius 2 is 1.86 bits per heavy atom. The molecule has 3 aromatic rings. The van der Waals surface area contributed by atoms with Crippen molar-refractivity contribution >= 4 is 61.4 Å². The topological polar surface area (TPSA) is 76.4 Å². The molecule has 0 radical (unpaired) electrons. The summed E-state index contributed by atoms with van der Waals surface area (Å²) in [6.07, 6.45) is 0. The Bertz CT molecular complexity index is 985. The van der Waals surface area contributed by atoms with E-state index in [4.69, 9.17) is 23.2 Å². The van der Waals surface area contributed by atoms with Gasteiger partial charge in [-0.15, -0.1) is 11.3 Å². The van der Waals surface area contributed by atoms with Gasteiger partial charge in [0.25, 0.3) is 10.0 Å². The summed E-state index contributed by atoms with van der Waals surface area (Å²) < 4.78 is 26.4. The molecule has 0 spiro atoms. The van der Waals surface area contributed by atoms with Crippen LogP contribution in [0.15, 0.2) is 40.6 Å². The smallest absolute Gasteiger partial charge is 0.353 e. The quantitative estimate of drug-likeness (QED) is 0.751. The minimum Gasteiger partial charge on any atom is -0.477 e. The van der Waals surface area contributed by atoms with Gasteiger partial charge in [0.15, 0.2) is 0 Å². The second-order valence-corrected chi connectivity index (χ2v) is 8.43. The number of para-hydroxylation sites is 1. The Kier molecular flexibility index (Phi) is 3.68. The Morgan fingerprint density at radius 3 is 2.45 bits per heavy atom. The summed E-state index contributed by atoms with van der Waals surface area (Å²) in [7, 11) is -4.11. The largest absolute Gasteiger partial charge is 0.477 e. The first-order valence-corrected chi connectivity index (χ1v) is 8.88. The zero-order valence-corrected chi connectivity index (χ0v) is 13.8. The number of thiophene rings is 1. The Morgan fingerprint density at radius 1 is 1.18 bits per heavy atom. The van der Waals surface area contributed by atoms with E-state index >= 15 is 0 Å². The number of hydrogen-bond donors (Lipinski definition) is 1. The van der Waals surface area contributed by atoms with E-state index in [9.17, 15) is 18.3 Å². The van der Waals surface area contributed by atoms with E-state index in [1.807, 2.05) is 0 Å². The van der Waals surface area contributed by atoms with Gasteiger partial charge in [-0.25, -0.2) is 8.77 Å².